The van der Waals surface area contributed by atoms with Crippen molar-refractivity contribution in [2.45, 2.75) is 12.4 Å². The minimum Gasteiger partial charge on any atom is -0.506 e. The summed E-state index contributed by atoms with van der Waals surface area (Å²) in [7, 11) is 0. The molecule has 1 atom stereocenters. The largest absolute Gasteiger partial charge is 0.506 e. The molecule has 0 saturated carbocycles. The van der Waals surface area contributed by atoms with E-state index >= 15 is 0 Å². The van der Waals surface area contributed by atoms with Gasteiger partial charge in [-0.1, -0.05) is 23.4 Å². The van der Waals surface area contributed by atoms with Crippen LogP contribution in [0.15, 0.2) is 35.2 Å². The van der Waals surface area contributed by atoms with Crippen LogP contribution in [0, 0.1) is 14.1 Å². The number of anilines is 1. The van der Waals surface area contributed by atoms with Gasteiger partial charge in [0.25, 0.3) is 5.91 Å². The number of hydrogen-bond donors (Lipinski definition) is 3. The van der Waals surface area contributed by atoms with E-state index in [1.54, 1.807) is 12.1 Å². The lowest BCUT2D eigenvalue weighted by Crippen LogP contribution is -2.31. The quantitative estimate of drug-likeness (QED) is 0.338. The molecule has 3 rings (SSSR count). The van der Waals surface area contributed by atoms with E-state index < -0.39 is 0 Å². The molecule has 1 fully saturated rings. The lowest BCUT2D eigenvalue weighted by atomic mass is 10.2. The van der Waals surface area contributed by atoms with Gasteiger partial charge in [0, 0.05) is 19.8 Å². The van der Waals surface area contributed by atoms with Crippen LogP contribution in [0.3, 0.4) is 0 Å². The van der Waals surface area contributed by atoms with Gasteiger partial charge in [0.05, 0.1) is 8.48 Å². The zero-order valence-electron chi connectivity index (χ0n) is 12.9. The Bertz CT molecular complexity index is 889. The van der Waals surface area contributed by atoms with Crippen molar-refractivity contribution in [3.8, 4) is 5.75 Å². The number of amides is 1. The van der Waals surface area contributed by atoms with E-state index in [9.17, 15) is 9.90 Å². The van der Waals surface area contributed by atoms with Gasteiger partial charge in [0.2, 0.25) is 0 Å². The van der Waals surface area contributed by atoms with Crippen LogP contribution >= 0.6 is 68.5 Å². The number of phenols is 1. The van der Waals surface area contributed by atoms with Crippen LogP contribution < -0.4 is 10.6 Å². The maximum absolute atomic E-state index is 12.3. The molecule has 1 amide bonds. The first-order chi connectivity index (χ1) is 11.8. The molecule has 1 saturated heterocycles. The van der Waals surface area contributed by atoms with E-state index in [1.165, 1.54) is 11.8 Å². The second-order valence-corrected chi connectivity index (χ2v) is 9.40. The fraction of sp³-hybridized carbons (Fsp3) is 0.118. The lowest BCUT2D eigenvalue weighted by molar-refractivity contribution is -0.116. The van der Waals surface area contributed by atoms with Gasteiger partial charge >= 0.3 is 0 Å². The molecular formula is C17H13ClI2N2O2S. The summed E-state index contributed by atoms with van der Waals surface area (Å²) in [6.45, 7) is 1.96. The average molecular weight is 599 g/mol. The summed E-state index contributed by atoms with van der Waals surface area (Å²) in [6.07, 6.45) is 1.72. The number of nitrogens with one attached hydrogen (secondary N) is 2. The molecular weight excluding hydrogens is 586 g/mol. The molecule has 3 N–H and O–H groups in total. The highest BCUT2D eigenvalue weighted by Gasteiger charge is 2.27. The Morgan fingerprint density at radius 3 is 2.80 bits per heavy atom. The zero-order valence-corrected chi connectivity index (χ0v) is 18.8. The van der Waals surface area contributed by atoms with E-state index in [1.807, 2.05) is 31.2 Å². The summed E-state index contributed by atoms with van der Waals surface area (Å²) in [5.74, 6) is 0.0225. The Morgan fingerprint density at radius 1 is 1.32 bits per heavy atom. The molecule has 1 aliphatic heterocycles. The highest BCUT2D eigenvalue weighted by atomic mass is 127. The predicted molar refractivity (Wildman–Crippen MR) is 121 cm³/mol. The number of hydrogen-bond acceptors (Lipinski definition) is 4. The minimum atomic E-state index is -0.275. The van der Waals surface area contributed by atoms with Crippen LogP contribution in [0.2, 0.25) is 5.02 Å². The van der Waals surface area contributed by atoms with Gasteiger partial charge in [0.15, 0.2) is 5.50 Å². The second kappa shape index (κ2) is 7.93. The van der Waals surface area contributed by atoms with Gasteiger partial charge in [0.1, 0.15) is 5.75 Å². The number of carbonyl (C=O) groups excluding carboxylic acids is 1. The van der Waals surface area contributed by atoms with E-state index in [-0.39, 0.29) is 17.2 Å². The highest BCUT2D eigenvalue weighted by Crippen LogP contribution is 2.35. The van der Waals surface area contributed by atoms with Gasteiger partial charge in [-0.15, -0.1) is 0 Å². The maximum Gasteiger partial charge on any atom is 0.260 e. The molecule has 4 nitrogen and oxygen atoms in total. The third-order valence-corrected chi connectivity index (χ3v) is 6.26. The lowest BCUT2D eigenvalue weighted by Gasteiger charge is -2.15. The third kappa shape index (κ3) is 4.55. The Morgan fingerprint density at radius 2 is 2.08 bits per heavy atom. The van der Waals surface area contributed by atoms with Gasteiger partial charge in [-0.3, -0.25) is 4.79 Å². The predicted octanol–water partition coefficient (Wildman–Crippen LogP) is 5.16. The van der Waals surface area contributed by atoms with Crippen molar-refractivity contribution in [2.75, 3.05) is 5.32 Å². The second-order valence-electron chi connectivity index (χ2n) is 5.41. The molecule has 1 heterocycles. The van der Waals surface area contributed by atoms with Crippen LogP contribution in [0.25, 0.3) is 6.08 Å². The average Bonchev–Trinajstić information content (AvgIpc) is 2.87. The number of phenolic OH excluding ortho intramolecular Hbond substituents is 1. The molecule has 2 aromatic carbocycles. The molecule has 2 aromatic rings. The summed E-state index contributed by atoms with van der Waals surface area (Å²) in [4.78, 5) is 12.8. The molecule has 0 radical (unpaired) electrons. The van der Waals surface area contributed by atoms with Gasteiger partial charge in [-0.2, -0.15) is 0 Å². The van der Waals surface area contributed by atoms with Gasteiger partial charge < -0.3 is 15.7 Å². The molecule has 1 aliphatic rings. The molecule has 0 aromatic heterocycles. The third-order valence-electron chi connectivity index (χ3n) is 3.55. The van der Waals surface area contributed by atoms with Crippen LogP contribution in [0.1, 0.15) is 11.1 Å². The van der Waals surface area contributed by atoms with Crippen LogP contribution in [0.4, 0.5) is 5.69 Å². The molecule has 25 heavy (non-hydrogen) atoms. The van der Waals surface area contributed by atoms with Crippen molar-refractivity contribution in [2.24, 2.45) is 0 Å². The SMILES string of the molecule is Cc1cc(Cl)ccc1NC1NC(=O)/C(=C/c2cc(I)cc(I)c2O)S1. The van der Waals surface area contributed by atoms with Crippen molar-refractivity contribution in [3.63, 3.8) is 0 Å². The fourth-order valence-corrected chi connectivity index (χ4v) is 5.42. The van der Waals surface area contributed by atoms with E-state index in [0.29, 0.717) is 15.5 Å². The first kappa shape index (κ1) is 19.1. The van der Waals surface area contributed by atoms with Crippen molar-refractivity contribution in [3.05, 3.63) is 58.5 Å². The first-order valence-electron chi connectivity index (χ1n) is 7.23. The number of carbonyl (C=O) groups is 1. The van der Waals surface area contributed by atoms with Crippen molar-refractivity contribution < 1.29 is 9.90 Å². The van der Waals surface area contributed by atoms with Crippen LogP contribution in [0.5, 0.6) is 5.75 Å². The summed E-state index contributed by atoms with van der Waals surface area (Å²) >= 11 is 11.6. The molecule has 1 unspecified atom stereocenters. The Hall–Kier alpha value is -0.650. The topological polar surface area (TPSA) is 61.4 Å². The normalized spacial score (nSPS) is 18.5. The molecule has 8 heteroatoms. The monoisotopic (exact) mass is 598 g/mol. The van der Waals surface area contributed by atoms with Crippen LogP contribution in [-0.2, 0) is 4.79 Å². The highest BCUT2D eigenvalue weighted by molar-refractivity contribution is 14.1. The fourth-order valence-electron chi connectivity index (χ4n) is 2.33. The van der Waals surface area contributed by atoms with Gasteiger partial charge in [-0.05, 0) is 94.1 Å². The van der Waals surface area contributed by atoms with E-state index in [0.717, 1.165) is 18.4 Å². The number of aryl methyl sites for hydroxylation is 1. The summed E-state index contributed by atoms with van der Waals surface area (Å²) in [6, 6.07) is 9.30. The van der Waals surface area contributed by atoms with Crippen LogP contribution in [-0.4, -0.2) is 16.5 Å². The van der Waals surface area contributed by atoms with Crippen molar-refractivity contribution in [1.82, 2.24) is 5.32 Å². The van der Waals surface area contributed by atoms with Gasteiger partial charge in [-0.25, -0.2) is 0 Å². The summed E-state index contributed by atoms with van der Waals surface area (Å²) < 4.78 is 1.76. The molecule has 130 valence electrons. The summed E-state index contributed by atoms with van der Waals surface area (Å²) in [5, 5.41) is 17.1. The number of rotatable bonds is 3. The minimum absolute atomic E-state index is 0.164. The number of halogens is 3. The van der Waals surface area contributed by atoms with Crippen molar-refractivity contribution >= 4 is 86.2 Å². The zero-order chi connectivity index (χ0) is 18.1. The Labute approximate surface area is 182 Å². The smallest absolute Gasteiger partial charge is 0.260 e. The van der Waals surface area contributed by atoms with E-state index in [4.69, 9.17) is 11.6 Å². The number of aromatic hydroxyl groups is 1. The Kier molecular flexibility index (Phi) is 6.07. The molecule has 0 bridgehead atoms. The van der Waals surface area contributed by atoms with Crippen molar-refractivity contribution in [1.29, 1.82) is 0 Å². The molecule has 0 spiro atoms. The first-order valence-corrected chi connectivity index (χ1v) is 10.6. The molecule has 0 aliphatic carbocycles. The Balaban J connectivity index is 1.81. The summed E-state index contributed by atoms with van der Waals surface area (Å²) in [5.41, 5.74) is 2.28. The number of thioether (sulfide) groups is 1. The van der Waals surface area contributed by atoms with E-state index in [2.05, 4.69) is 55.8 Å². The number of benzene rings is 2. The maximum atomic E-state index is 12.3. The standard InChI is InChI=1S/C17H13ClI2N2O2S/c1-8-4-10(18)2-3-13(8)21-17-22-16(24)14(25-17)6-9-5-11(19)7-12(20)15(9)23/h2-7,17,21,23H,1H3,(H,22,24)/b14-6-.